The second-order valence-electron chi connectivity index (χ2n) is 5.05. The van der Waals surface area contributed by atoms with Crippen LogP contribution in [0.1, 0.15) is 20.3 Å². The van der Waals surface area contributed by atoms with Gasteiger partial charge in [0.25, 0.3) is 0 Å². The average molecular weight is 322 g/mol. The highest BCUT2D eigenvalue weighted by Crippen LogP contribution is 2.22. The monoisotopic (exact) mass is 321 g/mol. The van der Waals surface area contributed by atoms with E-state index < -0.39 is 10.0 Å². The van der Waals surface area contributed by atoms with E-state index in [1.54, 1.807) is 10.9 Å². The summed E-state index contributed by atoms with van der Waals surface area (Å²) in [5.74, 6) is 0.528. The van der Waals surface area contributed by atoms with E-state index >= 15 is 0 Å². The van der Waals surface area contributed by atoms with Crippen LogP contribution in [0.5, 0.6) is 0 Å². The maximum atomic E-state index is 12.6. The Morgan fingerprint density at radius 3 is 2.95 bits per heavy atom. The molecule has 1 aliphatic heterocycles. The highest BCUT2D eigenvalue weighted by molar-refractivity contribution is 7.89. The lowest BCUT2D eigenvalue weighted by atomic mass is 10.2. The van der Waals surface area contributed by atoms with Crippen LogP contribution in [0.4, 0.5) is 0 Å². The van der Waals surface area contributed by atoms with Gasteiger partial charge in [0.2, 0.25) is 10.0 Å². The quantitative estimate of drug-likeness (QED) is 0.767. The van der Waals surface area contributed by atoms with Gasteiger partial charge in [-0.25, -0.2) is 8.42 Å². The van der Waals surface area contributed by atoms with E-state index in [4.69, 9.17) is 16.3 Å². The summed E-state index contributed by atoms with van der Waals surface area (Å²) in [7, 11) is -3.51. The maximum absolute atomic E-state index is 12.6. The molecular weight excluding hydrogens is 302 g/mol. The summed E-state index contributed by atoms with van der Waals surface area (Å²) in [6, 6.07) is -0.164. The van der Waals surface area contributed by atoms with E-state index in [1.807, 2.05) is 13.8 Å². The van der Waals surface area contributed by atoms with Gasteiger partial charge in [0.15, 0.2) is 0 Å². The molecule has 0 N–H and O–H groups in total. The molecular formula is C12H20ClN3O3S. The molecule has 2 unspecified atom stereocenters. The average Bonchev–Trinajstić information content (AvgIpc) is 2.88. The first-order valence-electron chi connectivity index (χ1n) is 6.67. The highest BCUT2D eigenvalue weighted by atomic mass is 35.5. The van der Waals surface area contributed by atoms with Gasteiger partial charge in [0, 0.05) is 31.2 Å². The lowest BCUT2D eigenvalue weighted by Crippen LogP contribution is -2.49. The van der Waals surface area contributed by atoms with Crippen LogP contribution in [-0.2, 0) is 21.3 Å². The molecule has 0 radical (unpaired) electrons. The zero-order chi connectivity index (χ0) is 14.8. The number of sulfonamides is 1. The summed E-state index contributed by atoms with van der Waals surface area (Å²) in [6.07, 6.45) is 3.63. The molecule has 8 heteroatoms. The number of nitrogens with zero attached hydrogens (tertiary/aromatic N) is 3. The number of aryl methyl sites for hydroxylation is 1. The van der Waals surface area contributed by atoms with Crippen LogP contribution in [0.3, 0.4) is 0 Å². The summed E-state index contributed by atoms with van der Waals surface area (Å²) >= 11 is 5.62. The zero-order valence-electron chi connectivity index (χ0n) is 11.7. The fourth-order valence-electron chi connectivity index (χ4n) is 2.16. The third kappa shape index (κ3) is 3.33. The van der Waals surface area contributed by atoms with Crippen molar-refractivity contribution in [2.45, 2.75) is 43.9 Å². The summed E-state index contributed by atoms with van der Waals surface area (Å²) in [5, 5.41) is 4.08. The van der Waals surface area contributed by atoms with Crippen molar-refractivity contribution in [1.82, 2.24) is 14.1 Å². The van der Waals surface area contributed by atoms with Crippen LogP contribution in [0.15, 0.2) is 17.3 Å². The number of halogens is 1. The Balaban J connectivity index is 2.18. The van der Waals surface area contributed by atoms with Crippen molar-refractivity contribution in [3.05, 3.63) is 12.4 Å². The molecule has 0 bridgehead atoms. The third-order valence-electron chi connectivity index (χ3n) is 3.29. The minimum Gasteiger partial charge on any atom is -0.375 e. The number of morpholine rings is 1. The summed E-state index contributed by atoms with van der Waals surface area (Å²) in [6.45, 7) is 5.13. The lowest BCUT2D eigenvalue weighted by Gasteiger charge is -2.35. The molecule has 0 spiro atoms. The number of hydrogen-bond donors (Lipinski definition) is 0. The van der Waals surface area contributed by atoms with Gasteiger partial charge in [-0.2, -0.15) is 9.40 Å². The fourth-order valence-corrected chi connectivity index (χ4v) is 3.93. The highest BCUT2D eigenvalue weighted by Gasteiger charge is 2.34. The Morgan fingerprint density at radius 1 is 1.50 bits per heavy atom. The molecule has 0 saturated carbocycles. The first-order chi connectivity index (χ1) is 9.45. The Labute approximate surface area is 124 Å². The van der Waals surface area contributed by atoms with Crippen molar-refractivity contribution in [2.75, 3.05) is 19.0 Å². The largest absolute Gasteiger partial charge is 0.375 e. The first-order valence-corrected chi connectivity index (χ1v) is 8.64. The topological polar surface area (TPSA) is 64.4 Å². The molecule has 1 aromatic heterocycles. The normalized spacial score (nSPS) is 24.9. The van der Waals surface area contributed by atoms with Gasteiger partial charge < -0.3 is 4.74 Å². The van der Waals surface area contributed by atoms with E-state index in [9.17, 15) is 8.42 Å². The molecule has 0 amide bonds. The second kappa shape index (κ2) is 6.43. The minimum absolute atomic E-state index is 0.0905. The van der Waals surface area contributed by atoms with Gasteiger partial charge in [-0.05, 0) is 20.3 Å². The van der Waals surface area contributed by atoms with Gasteiger partial charge in [0.1, 0.15) is 4.90 Å². The van der Waals surface area contributed by atoms with Crippen LogP contribution < -0.4 is 0 Å². The molecule has 114 valence electrons. The van der Waals surface area contributed by atoms with Crippen molar-refractivity contribution < 1.29 is 13.2 Å². The Kier molecular flexibility index (Phi) is 5.06. The molecule has 2 heterocycles. The van der Waals surface area contributed by atoms with Gasteiger partial charge >= 0.3 is 0 Å². The van der Waals surface area contributed by atoms with E-state index in [-0.39, 0.29) is 17.0 Å². The second-order valence-corrected chi connectivity index (χ2v) is 7.32. The van der Waals surface area contributed by atoms with Gasteiger partial charge in [0.05, 0.1) is 18.9 Å². The van der Waals surface area contributed by atoms with Crippen LogP contribution in [0, 0.1) is 0 Å². The van der Waals surface area contributed by atoms with Crippen molar-refractivity contribution >= 4 is 21.6 Å². The van der Waals surface area contributed by atoms with E-state index in [0.717, 1.165) is 6.42 Å². The number of ether oxygens (including phenoxy) is 1. The molecule has 1 saturated heterocycles. The van der Waals surface area contributed by atoms with Gasteiger partial charge in [-0.1, -0.05) is 0 Å². The fraction of sp³-hybridized carbons (Fsp3) is 0.750. The Morgan fingerprint density at radius 2 is 2.25 bits per heavy atom. The van der Waals surface area contributed by atoms with Crippen molar-refractivity contribution in [2.24, 2.45) is 0 Å². The number of rotatable bonds is 5. The molecule has 2 rings (SSSR count). The molecule has 1 aromatic rings. The third-order valence-corrected chi connectivity index (χ3v) is 5.49. The molecule has 0 aliphatic carbocycles. The molecule has 2 atom stereocenters. The molecule has 0 aromatic carbocycles. The van der Waals surface area contributed by atoms with E-state index in [2.05, 4.69) is 5.10 Å². The van der Waals surface area contributed by atoms with Crippen LogP contribution in [0.2, 0.25) is 0 Å². The standard InChI is InChI=1S/C12H20ClN3O3S/c1-10-9-19-11(2)7-16(10)20(17,18)12-6-14-15(8-12)5-3-4-13/h6,8,10-11H,3-5,7,9H2,1-2H3. The molecule has 1 fully saturated rings. The van der Waals surface area contributed by atoms with Crippen molar-refractivity contribution in [1.29, 1.82) is 0 Å². The lowest BCUT2D eigenvalue weighted by molar-refractivity contribution is -0.0170. The SMILES string of the molecule is CC1CN(S(=O)(=O)c2cnn(CCCCl)c2)C(C)CO1. The van der Waals surface area contributed by atoms with E-state index in [0.29, 0.717) is 25.6 Å². The van der Waals surface area contributed by atoms with E-state index in [1.165, 1.54) is 10.5 Å². The van der Waals surface area contributed by atoms with Crippen molar-refractivity contribution in [3.8, 4) is 0 Å². The number of aromatic nitrogens is 2. The van der Waals surface area contributed by atoms with Crippen LogP contribution in [-0.4, -0.2) is 53.7 Å². The number of hydrogen-bond acceptors (Lipinski definition) is 4. The summed E-state index contributed by atoms with van der Waals surface area (Å²) in [4.78, 5) is 0.230. The Hall–Kier alpha value is -0.630. The van der Waals surface area contributed by atoms with Crippen molar-refractivity contribution in [3.63, 3.8) is 0 Å². The molecule has 1 aliphatic rings. The summed E-state index contributed by atoms with van der Waals surface area (Å²) < 4.78 is 33.8. The molecule has 6 nitrogen and oxygen atoms in total. The number of alkyl halides is 1. The van der Waals surface area contributed by atoms with Crippen LogP contribution in [0.25, 0.3) is 0 Å². The zero-order valence-corrected chi connectivity index (χ0v) is 13.3. The molecule has 20 heavy (non-hydrogen) atoms. The first kappa shape index (κ1) is 15.8. The predicted octanol–water partition coefficient (Wildman–Crippen LogP) is 1.31. The minimum atomic E-state index is -3.51. The smallest absolute Gasteiger partial charge is 0.246 e. The van der Waals surface area contributed by atoms with Gasteiger partial charge in [-0.3, -0.25) is 4.68 Å². The predicted molar refractivity (Wildman–Crippen MR) is 76.3 cm³/mol. The van der Waals surface area contributed by atoms with Crippen LogP contribution >= 0.6 is 11.6 Å². The Bertz CT molecular complexity index is 546. The maximum Gasteiger partial charge on any atom is 0.246 e. The van der Waals surface area contributed by atoms with Gasteiger partial charge in [-0.15, -0.1) is 11.6 Å². The summed E-state index contributed by atoms with van der Waals surface area (Å²) in [5.41, 5.74) is 0.